The van der Waals surface area contributed by atoms with Crippen molar-refractivity contribution in [3.63, 3.8) is 0 Å². The third kappa shape index (κ3) is 5.31. The van der Waals surface area contributed by atoms with Crippen LogP contribution in [-0.2, 0) is 13.1 Å². The molecular weight excluding hydrogens is 472 g/mol. The minimum atomic E-state index is -0.250. The van der Waals surface area contributed by atoms with Gasteiger partial charge in [-0.15, -0.1) is 24.0 Å². The average Bonchev–Trinajstić information content (AvgIpc) is 3.13. The number of aromatic nitrogens is 1. The molecule has 0 bridgehead atoms. The fourth-order valence-corrected chi connectivity index (χ4v) is 3.08. The molecule has 1 aliphatic rings. The first kappa shape index (κ1) is 20.9. The molecule has 2 heterocycles. The number of piperazine rings is 1. The summed E-state index contributed by atoms with van der Waals surface area (Å²) >= 11 is 6.12. The molecule has 3 rings (SSSR count). The summed E-state index contributed by atoms with van der Waals surface area (Å²) < 4.78 is 18.8. The molecule has 0 radical (unpaired) electrons. The summed E-state index contributed by atoms with van der Waals surface area (Å²) in [5.74, 6) is 0.576. The Morgan fingerprint density at radius 2 is 2.08 bits per heavy atom. The second-order valence-corrected chi connectivity index (χ2v) is 6.26. The third-order valence-electron chi connectivity index (χ3n) is 4.25. The number of benzene rings is 1. The van der Waals surface area contributed by atoms with Gasteiger partial charge >= 0.3 is 0 Å². The van der Waals surface area contributed by atoms with Gasteiger partial charge < -0.3 is 14.7 Å². The van der Waals surface area contributed by atoms with Crippen molar-refractivity contribution in [2.24, 2.45) is 4.99 Å². The summed E-state index contributed by atoms with van der Waals surface area (Å²) in [4.78, 5) is 8.70. The highest BCUT2D eigenvalue weighted by molar-refractivity contribution is 14.0. The molecule has 1 N–H and O–H groups in total. The van der Waals surface area contributed by atoms with Crippen molar-refractivity contribution in [1.29, 1.82) is 0 Å². The molecule has 9 heteroatoms. The van der Waals surface area contributed by atoms with E-state index in [0.29, 0.717) is 23.7 Å². The second-order valence-electron chi connectivity index (χ2n) is 5.85. The Balaban J connectivity index is 0.00000243. The lowest BCUT2D eigenvalue weighted by molar-refractivity contribution is 0.171. The Kier molecular flexibility index (Phi) is 8.11. The highest BCUT2D eigenvalue weighted by atomic mass is 127. The Morgan fingerprint density at radius 1 is 1.31 bits per heavy atom. The zero-order chi connectivity index (χ0) is 17.6. The van der Waals surface area contributed by atoms with Crippen molar-refractivity contribution in [2.45, 2.75) is 13.1 Å². The zero-order valence-corrected chi connectivity index (χ0v) is 17.6. The molecule has 0 unspecified atom stereocenters. The number of nitrogens with one attached hydrogen (secondary N) is 1. The second kappa shape index (κ2) is 10.1. The van der Waals surface area contributed by atoms with E-state index in [-0.39, 0.29) is 29.8 Å². The van der Waals surface area contributed by atoms with Gasteiger partial charge in [-0.05, 0) is 12.1 Å². The van der Waals surface area contributed by atoms with Crippen LogP contribution in [0.25, 0.3) is 0 Å². The van der Waals surface area contributed by atoms with Crippen molar-refractivity contribution >= 4 is 41.5 Å². The molecule has 0 aliphatic carbocycles. The van der Waals surface area contributed by atoms with E-state index >= 15 is 0 Å². The van der Waals surface area contributed by atoms with Crippen molar-refractivity contribution < 1.29 is 8.91 Å². The number of guanidine groups is 1. The molecular formula is C17H22ClFIN5O. The van der Waals surface area contributed by atoms with E-state index in [1.165, 1.54) is 6.07 Å². The van der Waals surface area contributed by atoms with Crippen LogP contribution in [0.4, 0.5) is 4.39 Å². The minimum Gasteiger partial charge on any atom is -0.364 e. The average molecular weight is 494 g/mol. The van der Waals surface area contributed by atoms with Crippen LogP contribution in [0.2, 0.25) is 5.02 Å². The van der Waals surface area contributed by atoms with Gasteiger partial charge in [0.1, 0.15) is 17.8 Å². The van der Waals surface area contributed by atoms with Crippen LogP contribution in [0.1, 0.15) is 11.3 Å². The highest BCUT2D eigenvalue weighted by Gasteiger charge is 2.21. The van der Waals surface area contributed by atoms with Crippen LogP contribution in [0.15, 0.2) is 40.0 Å². The largest absolute Gasteiger partial charge is 0.364 e. The van der Waals surface area contributed by atoms with Gasteiger partial charge in [0.2, 0.25) is 0 Å². The highest BCUT2D eigenvalue weighted by Crippen LogP contribution is 2.21. The van der Waals surface area contributed by atoms with Crippen LogP contribution < -0.4 is 5.32 Å². The van der Waals surface area contributed by atoms with Gasteiger partial charge in [0, 0.05) is 56.4 Å². The first-order chi connectivity index (χ1) is 12.2. The Bertz CT molecular complexity index is 700. The molecule has 142 valence electrons. The lowest BCUT2D eigenvalue weighted by atomic mass is 10.2. The number of nitrogens with zero attached hydrogens (tertiary/aromatic N) is 4. The number of hydrogen-bond acceptors (Lipinski definition) is 4. The summed E-state index contributed by atoms with van der Waals surface area (Å²) in [5, 5.41) is 7.63. The van der Waals surface area contributed by atoms with E-state index in [1.807, 2.05) is 6.07 Å². The van der Waals surface area contributed by atoms with Crippen LogP contribution >= 0.6 is 35.6 Å². The quantitative estimate of drug-likeness (QED) is 0.403. The number of halogens is 3. The predicted molar refractivity (Wildman–Crippen MR) is 110 cm³/mol. The Labute approximate surface area is 174 Å². The van der Waals surface area contributed by atoms with E-state index in [0.717, 1.165) is 37.8 Å². The summed E-state index contributed by atoms with van der Waals surface area (Å²) in [6, 6.07) is 6.62. The lowest BCUT2D eigenvalue weighted by Gasteiger charge is -2.36. The van der Waals surface area contributed by atoms with Gasteiger partial charge in [0.05, 0.1) is 6.54 Å². The Morgan fingerprint density at radius 3 is 2.69 bits per heavy atom. The summed E-state index contributed by atoms with van der Waals surface area (Å²) in [6.07, 6.45) is 1.55. The molecule has 1 saturated heterocycles. The molecule has 1 fully saturated rings. The summed E-state index contributed by atoms with van der Waals surface area (Å²) in [6.45, 7) is 4.33. The van der Waals surface area contributed by atoms with Gasteiger partial charge in [-0.2, -0.15) is 0 Å². The summed E-state index contributed by atoms with van der Waals surface area (Å²) in [7, 11) is 1.76. The van der Waals surface area contributed by atoms with Crippen molar-refractivity contribution in [2.75, 3.05) is 33.2 Å². The fourth-order valence-electron chi connectivity index (χ4n) is 2.86. The first-order valence-electron chi connectivity index (χ1n) is 8.17. The maximum absolute atomic E-state index is 13.9. The molecule has 26 heavy (non-hydrogen) atoms. The standard InChI is InChI=1S/C17H21ClFN5O.HI/c1-20-17(21-11-13-5-10-25-22-13)24-8-6-23(7-9-24)12-14-15(18)3-2-4-16(14)19;/h2-5,10H,6-9,11-12H2,1H3,(H,20,21);1H. The number of hydrogen-bond donors (Lipinski definition) is 1. The van der Waals surface area contributed by atoms with E-state index in [2.05, 4.69) is 25.3 Å². The molecule has 6 nitrogen and oxygen atoms in total. The fraction of sp³-hybridized carbons (Fsp3) is 0.412. The normalized spacial score (nSPS) is 15.7. The molecule has 0 spiro atoms. The zero-order valence-electron chi connectivity index (χ0n) is 14.5. The van der Waals surface area contributed by atoms with E-state index in [9.17, 15) is 4.39 Å². The third-order valence-corrected chi connectivity index (χ3v) is 4.60. The maximum Gasteiger partial charge on any atom is 0.194 e. The van der Waals surface area contributed by atoms with Crippen LogP contribution in [0, 0.1) is 5.82 Å². The number of rotatable bonds is 4. The smallest absolute Gasteiger partial charge is 0.194 e. The van der Waals surface area contributed by atoms with Gasteiger partial charge in [-0.25, -0.2) is 4.39 Å². The predicted octanol–water partition coefficient (Wildman–Crippen LogP) is 2.98. The molecule has 0 saturated carbocycles. The summed E-state index contributed by atoms with van der Waals surface area (Å²) in [5.41, 5.74) is 1.39. The first-order valence-corrected chi connectivity index (χ1v) is 8.55. The van der Waals surface area contributed by atoms with E-state index in [4.69, 9.17) is 16.1 Å². The van der Waals surface area contributed by atoms with Crippen LogP contribution in [-0.4, -0.2) is 54.1 Å². The maximum atomic E-state index is 13.9. The van der Waals surface area contributed by atoms with Crippen LogP contribution in [0.5, 0.6) is 0 Å². The van der Waals surface area contributed by atoms with Gasteiger partial charge in [-0.3, -0.25) is 9.89 Å². The van der Waals surface area contributed by atoms with Gasteiger partial charge in [-0.1, -0.05) is 22.8 Å². The SMILES string of the molecule is CN=C(NCc1ccon1)N1CCN(Cc2c(F)cccc2Cl)CC1.I. The van der Waals surface area contributed by atoms with E-state index < -0.39 is 0 Å². The van der Waals surface area contributed by atoms with Gasteiger partial charge in [0.15, 0.2) is 5.96 Å². The molecule has 2 aromatic rings. The van der Waals surface area contributed by atoms with Crippen molar-refractivity contribution in [1.82, 2.24) is 20.3 Å². The van der Waals surface area contributed by atoms with Crippen LogP contribution in [0.3, 0.4) is 0 Å². The van der Waals surface area contributed by atoms with E-state index in [1.54, 1.807) is 25.4 Å². The van der Waals surface area contributed by atoms with Gasteiger partial charge in [0.25, 0.3) is 0 Å². The minimum absolute atomic E-state index is 0. The molecule has 0 amide bonds. The lowest BCUT2D eigenvalue weighted by Crippen LogP contribution is -2.52. The topological polar surface area (TPSA) is 56.9 Å². The van der Waals surface area contributed by atoms with Crippen molar-refractivity contribution in [3.05, 3.63) is 52.6 Å². The molecule has 0 atom stereocenters. The number of aliphatic imine (C=N–C) groups is 1. The Hall–Kier alpha value is -1.39. The molecule has 1 aromatic heterocycles. The monoisotopic (exact) mass is 493 g/mol. The molecule has 1 aliphatic heterocycles. The molecule has 1 aromatic carbocycles. The van der Waals surface area contributed by atoms with Crippen molar-refractivity contribution in [3.8, 4) is 0 Å².